The number of rotatable bonds is 5. The minimum Gasteiger partial charge on any atom is -0.334 e. The monoisotopic (exact) mass is 321 g/mol. The van der Waals surface area contributed by atoms with Crippen LogP contribution >= 0.6 is 0 Å². The van der Waals surface area contributed by atoms with E-state index in [1.165, 1.54) is 6.26 Å². The van der Waals surface area contributed by atoms with Crippen molar-refractivity contribution in [2.45, 2.75) is 55.9 Å². The molecular weight excluding hydrogens is 298 g/mol. The van der Waals surface area contributed by atoms with Gasteiger partial charge in [0.05, 0.1) is 0 Å². The van der Waals surface area contributed by atoms with Gasteiger partial charge in [-0.15, -0.1) is 0 Å². The van der Waals surface area contributed by atoms with Crippen molar-refractivity contribution < 1.29 is 13.2 Å². The lowest BCUT2D eigenvalue weighted by molar-refractivity contribution is -0.135. The van der Waals surface area contributed by atoms with Crippen LogP contribution in [0.2, 0.25) is 0 Å². The molecule has 1 amide bonds. The standard InChI is InChI=1S/C17H23NO3S/c1-22(20,21)17(11-5-6-12-17)16(19)18(15-9-10-15)13-14-7-3-2-4-8-14/h2-4,7-8,15H,5-6,9-13H2,1H3. The summed E-state index contributed by atoms with van der Waals surface area (Å²) in [6, 6.07) is 10.0. The molecule has 4 nitrogen and oxygen atoms in total. The number of hydrogen-bond acceptors (Lipinski definition) is 3. The van der Waals surface area contributed by atoms with Crippen LogP contribution < -0.4 is 0 Å². The average molecular weight is 321 g/mol. The number of nitrogens with zero attached hydrogens (tertiary/aromatic N) is 1. The van der Waals surface area contributed by atoms with E-state index in [9.17, 15) is 13.2 Å². The number of carbonyl (C=O) groups is 1. The van der Waals surface area contributed by atoms with Crippen molar-refractivity contribution in [2.75, 3.05) is 6.26 Å². The van der Waals surface area contributed by atoms with Gasteiger partial charge in [0.1, 0.15) is 0 Å². The molecule has 0 aliphatic heterocycles. The van der Waals surface area contributed by atoms with Crippen LogP contribution in [-0.4, -0.2) is 36.3 Å². The van der Waals surface area contributed by atoms with E-state index in [1.54, 1.807) is 0 Å². The fraction of sp³-hybridized carbons (Fsp3) is 0.588. The van der Waals surface area contributed by atoms with Crippen LogP contribution in [0.25, 0.3) is 0 Å². The van der Waals surface area contributed by atoms with Crippen molar-refractivity contribution in [3.05, 3.63) is 35.9 Å². The van der Waals surface area contributed by atoms with E-state index in [0.29, 0.717) is 19.4 Å². The SMILES string of the molecule is CS(=O)(=O)C1(C(=O)N(Cc2ccccc2)C2CC2)CCCC1. The van der Waals surface area contributed by atoms with Crippen LogP contribution in [0.1, 0.15) is 44.1 Å². The Morgan fingerprint density at radius 1 is 1.18 bits per heavy atom. The van der Waals surface area contributed by atoms with Gasteiger partial charge in [-0.2, -0.15) is 0 Å². The number of sulfone groups is 1. The zero-order chi connectivity index (χ0) is 15.8. The number of amides is 1. The third-order valence-electron chi connectivity index (χ3n) is 4.96. The predicted molar refractivity (Wildman–Crippen MR) is 86.1 cm³/mol. The first kappa shape index (κ1) is 15.5. The summed E-state index contributed by atoms with van der Waals surface area (Å²) in [6.45, 7) is 0.515. The van der Waals surface area contributed by atoms with Crippen molar-refractivity contribution in [3.8, 4) is 0 Å². The molecule has 0 aromatic heterocycles. The van der Waals surface area contributed by atoms with E-state index < -0.39 is 14.6 Å². The van der Waals surface area contributed by atoms with Crippen LogP contribution in [0.3, 0.4) is 0 Å². The summed E-state index contributed by atoms with van der Waals surface area (Å²) in [6.07, 6.45) is 5.79. The van der Waals surface area contributed by atoms with E-state index in [4.69, 9.17) is 0 Å². The summed E-state index contributed by atoms with van der Waals surface area (Å²) in [5, 5.41) is 0. The average Bonchev–Trinajstić information content (AvgIpc) is 3.19. The first-order chi connectivity index (χ1) is 10.4. The Hall–Kier alpha value is -1.36. The van der Waals surface area contributed by atoms with Gasteiger partial charge in [0.15, 0.2) is 14.6 Å². The van der Waals surface area contributed by atoms with Crippen molar-refractivity contribution in [1.82, 2.24) is 4.90 Å². The molecule has 5 heteroatoms. The molecule has 0 heterocycles. The van der Waals surface area contributed by atoms with E-state index in [0.717, 1.165) is 31.2 Å². The van der Waals surface area contributed by atoms with Gasteiger partial charge in [-0.05, 0) is 31.2 Å². The molecule has 0 N–H and O–H groups in total. The molecule has 1 aromatic rings. The molecule has 1 aromatic carbocycles. The highest BCUT2D eigenvalue weighted by Crippen LogP contribution is 2.41. The molecule has 0 saturated heterocycles. The molecule has 0 unspecified atom stereocenters. The lowest BCUT2D eigenvalue weighted by Gasteiger charge is -2.33. The van der Waals surface area contributed by atoms with Crippen LogP contribution in [0, 0.1) is 0 Å². The van der Waals surface area contributed by atoms with Gasteiger partial charge >= 0.3 is 0 Å². The zero-order valence-corrected chi connectivity index (χ0v) is 13.8. The van der Waals surface area contributed by atoms with Crippen LogP contribution in [0.15, 0.2) is 30.3 Å². The van der Waals surface area contributed by atoms with Gasteiger partial charge in [0.25, 0.3) is 0 Å². The Labute approximate surface area is 132 Å². The molecule has 0 bridgehead atoms. The Kier molecular flexibility index (Phi) is 4.02. The van der Waals surface area contributed by atoms with Gasteiger partial charge in [-0.3, -0.25) is 4.79 Å². The molecule has 2 fully saturated rings. The van der Waals surface area contributed by atoms with E-state index >= 15 is 0 Å². The molecule has 2 aliphatic rings. The topological polar surface area (TPSA) is 54.5 Å². The molecular formula is C17H23NO3S. The summed E-state index contributed by atoms with van der Waals surface area (Å²) in [7, 11) is -3.40. The third kappa shape index (κ3) is 2.78. The first-order valence-corrected chi connectivity index (χ1v) is 9.88. The number of carbonyl (C=O) groups excluding carboxylic acids is 1. The van der Waals surface area contributed by atoms with Crippen LogP contribution in [0.4, 0.5) is 0 Å². The summed E-state index contributed by atoms with van der Waals surface area (Å²) in [5.74, 6) is -0.168. The van der Waals surface area contributed by atoms with Crippen LogP contribution in [0.5, 0.6) is 0 Å². The van der Waals surface area contributed by atoms with Gasteiger partial charge in [0, 0.05) is 18.8 Å². The Bertz CT molecular complexity index is 644. The predicted octanol–water partition coefficient (Wildman–Crippen LogP) is 2.54. The summed E-state index contributed by atoms with van der Waals surface area (Å²) in [4.78, 5) is 15.0. The number of benzene rings is 1. The van der Waals surface area contributed by atoms with Crippen molar-refractivity contribution in [3.63, 3.8) is 0 Å². The quantitative estimate of drug-likeness (QED) is 0.837. The molecule has 120 valence electrons. The largest absolute Gasteiger partial charge is 0.334 e. The Morgan fingerprint density at radius 2 is 1.77 bits per heavy atom. The molecule has 2 aliphatic carbocycles. The highest BCUT2D eigenvalue weighted by atomic mass is 32.2. The van der Waals surface area contributed by atoms with Gasteiger partial charge in [0.2, 0.25) is 5.91 Å². The maximum Gasteiger partial charge on any atom is 0.244 e. The second-order valence-electron chi connectivity index (χ2n) is 6.62. The Balaban J connectivity index is 1.89. The maximum atomic E-state index is 13.1. The fourth-order valence-corrected chi connectivity index (χ4v) is 4.95. The van der Waals surface area contributed by atoms with Crippen LogP contribution in [-0.2, 0) is 21.2 Å². The number of hydrogen-bond donors (Lipinski definition) is 0. The Morgan fingerprint density at radius 3 is 2.27 bits per heavy atom. The highest BCUT2D eigenvalue weighted by Gasteiger charge is 2.53. The van der Waals surface area contributed by atoms with E-state index in [1.807, 2.05) is 35.2 Å². The molecule has 3 rings (SSSR count). The first-order valence-electron chi connectivity index (χ1n) is 7.99. The molecule has 22 heavy (non-hydrogen) atoms. The lowest BCUT2D eigenvalue weighted by atomic mass is 10.0. The van der Waals surface area contributed by atoms with Crippen molar-refractivity contribution in [1.29, 1.82) is 0 Å². The minimum absolute atomic E-state index is 0.168. The summed E-state index contributed by atoms with van der Waals surface area (Å²) in [5.41, 5.74) is 1.06. The van der Waals surface area contributed by atoms with E-state index in [-0.39, 0.29) is 11.9 Å². The lowest BCUT2D eigenvalue weighted by Crippen LogP contribution is -2.52. The summed E-state index contributed by atoms with van der Waals surface area (Å²) >= 11 is 0. The molecule has 2 saturated carbocycles. The second kappa shape index (κ2) is 5.69. The van der Waals surface area contributed by atoms with Gasteiger partial charge in [-0.1, -0.05) is 43.2 Å². The van der Waals surface area contributed by atoms with Crippen molar-refractivity contribution in [2.24, 2.45) is 0 Å². The fourth-order valence-electron chi connectivity index (χ4n) is 3.48. The summed E-state index contributed by atoms with van der Waals surface area (Å²) < 4.78 is 23.5. The third-order valence-corrected chi connectivity index (χ3v) is 6.96. The van der Waals surface area contributed by atoms with Crippen molar-refractivity contribution >= 4 is 15.7 Å². The smallest absolute Gasteiger partial charge is 0.244 e. The zero-order valence-electron chi connectivity index (χ0n) is 13.0. The second-order valence-corrected chi connectivity index (χ2v) is 8.95. The molecule has 0 spiro atoms. The molecule has 0 radical (unpaired) electrons. The highest BCUT2D eigenvalue weighted by molar-refractivity contribution is 7.92. The minimum atomic E-state index is -3.40. The molecule has 0 atom stereocenters. The van der Waals surface area contributed by atoms with Gasteiger partial charge in [-0.25, -0.2) is 8.42 Å². The van der Waals surface area contributed by atoms with Gasteiger partial charge < -0.3 is 4.90 Å². The maximum absolute atomic E-state index is 13.1. The normalized spacial score (nSPS) is 20.8. The van der Waals surface area contributed by atoms with E-state index in [2.05, 4.69) is 0 Å².